The molecule has 0 saturated heterocycles. The normalized spacial score (nSPS) is 13.1. The lowest BCUT2D eigenvalue weighted by molar-refractivity contribution is -0.140. The standard InChI is InChI=1S/C26H36ClN3O4S/c1-7-20(5)28-26(32)23(8-2)29(16-21-11-9-10-18(3)14-21)25(31)17-30(35(6,33)34)24-15-22(27)13-12-19(24)4/h9-15,20,23H,7-8,16-17H2,1-6H3,(H,28,32)/t20-,23+/m1/s1. The van der Waals surface area contributed by atoms with E-state index in [0.29, 0.717) is 22.7 Å². The molecule has 192 valence electrons. The van der Waals surface area contributed by atoms with Gasteiger partial charge in [0.05, 0.1) is 11.9 Å². The highest BCUT2D eigenvalue weighted by atomic mass is 35.5. The summed E-state index contributed by atoms with van der Waals surface area (Å²) in [5.74, 6) is -0.727. The van der Waals surface area contributed by atoms with Gasteiger partial charge in [-0.25, -0.2) is 8.42 Å². The van der Waals surface area contributed by atoms with Gasteiger partial charge in [-0.2, -0.15) is 0 Å². The molecule has 7 nitrogen and oxygen atoms in total. The molecule has 0 unspecified atom stereocenters. The Hall–Kier alpha value is -2.58. The first-order valence-corrected chi connectivity index (χ1v) is 14.0. The Bertz CT molecular complexity index is 1150. The van der Waals surface area contributed by atoms with Crippen molar-refractivity contribution >= 4 is 39.1 Å². The van der Waals surface area contributed by atoms with Crippen LogP contribution < -0.4 is 9.62 Å². The number of sulfonamides is 1. The van der Waals surface area contributed by atoms with Crippen LogP contribution in [0.25, 0.3) is 0 Å². The van der Waals surface area contributed by atoms with Crippen molar-refractivity contribution in [3.8, 4) is 0 Å². The Morgan fingerprint density at radius 1 is 1.06 bits per heavy atom. The Labute approximate surface area is 214 Å². The number of carbonyl (C=O) groups is 2. The van der Waals surface area contributed by atoms with Gasteiger partial charge < -0.3 is 10.2 Å². The van der Waals surface area contributed by atoms with Crippen molar-refractivity contribution in [3.05, 3.63) is 64.2 Å². The summed E-state index contributed by atoms with van der Waals surface area (Å²) in [6.45, 7) is 9.16. The van der Waals surface area contributed by atoms with Crippen molar-refractivity contribution in [2.45, 2.75) is 66.1 Å². The Balaban J connectivity index is 2.49. The van der Waals surface area contributed by atoms with E-state index in [0.717, 1.165) is 28.1 Å². The van der Waals surface area contributed by atoms with Crippen LogP contribution in [0.1, 0.15) is 50.3 Å². The van der Waals surface area contributed by atoms with E-state index in [9.17, 15) is 18.0 Å². The van der Waals surface area contributed by atoms with Gasteiger partial charge in [0.15, 0.2) is 0 Å². The smallest absolute Gasteiger partial charge is 0.244 e. The number of anilines is 1. The van der Waals surface area contributed by atoms with E-state index in [1.807, 2.05) is 52.0 Å². The van der Waals surface area contributed by atoms with Gasteiger partial charge in [-0.1, -0.05) is 61.3 Å². The van der Waals surface area contributed by atoms with Crippen molar-refractivity contribution in [3.63, 3.8) is 0 Å². The fourth-order valence-corrected chi connectivity index (χ4v) is 4.88. The van der Waals surface area contributed by atoms with E-state index < -0.39 is 28.5 Å². The number of hydrogen-bond donors (Lipinski definition) is 1. The number of halogens is 1. The van der Waals surface area contributed by atoms with Gasteiger partial charge in [0, 0.05) is 17.6 Å². The lowest BCUT2D eigenvalue weighted by Gasteiger charge is -2.33. The molecule has 0 saturated carbocycles. The van der Waals surface area contributed by atoms with Crippen molar-refractivity contribution < 1.29 is 18.0 Å². The molecular formula is C26H36ClN3O4S. The van der Waals surface area contributed by atoms with Crippen LogP contribution in [0.4, 0.5) is 5.69 Å². The van der Waals surface area contributed by atoms with Gasteiger partial charge in [-0.15, -0.1) is 0 Å². The third-order valence-corrected chi connectivity index (χ3v) is 7.30. The van der Waals surface area contributed by atoms with Gasteiger partial charge in [-0.05, 0) is 56.9 Å². The zero-order chi connectivity index (χ0) is 26.3. The molecule has 9 heteroatoms. The molecule has 0 aromatic heterocycles. The third-order valence-electron chi connectivity index (χ3n) is 5.94. The summed E-state index contributed by atoms with van der Waals surface area (Å²) in [6, 6.07) is 11.8. The molecule has 2 aromatic carbocycles. The molecular weight excluding hydrogens is 486 g/mol. The average Bonchev–Trinajstić information content (AvgIpc) is 2.78. The first-order chi connectivity index (χ1) is 16.4. The highest BCUT2D eigenvalue weighted by Crippen LogP contribution is 2.27. The predicted octanol–water partition coefficient (Wildman–Crippen LogP) is 4.44. The molecule has 2 amide bonds. The van der Waals surface area contributed by atoms with Crippen molar-refractivity contribution in [1.82, 2.24) is 10.2 Å². The largest absolute Gasteiger partial charge is 0.352 e. The third kappa shape index (κ3) is 7.97. The van der Waals surface area contributed by atoms with Crippen LogP contribution in [-0.4, -0.2) is 50.0 Å². The molecule has 0 aliphatic carbocycles. The van der Waals surface area contributed by atoms with Crippen molar-refractivity contribution in [2.24, 2.45) is 0 Å². The number of nitrogens with one attached hydrogen (secondary N) is 1. The lowest BCUT2D eigenvalue weighted by atomic mass is 10.1. The molecule has 2 atom stereocenters. The second kappa shape index (κ2) is 12.4. The summed E-state index contributed by atoms with van der Waals surface area (Å²) < 4.78 is 26.5. The fraction of sp³-hybridized carbons (Fsp3) is 0.462. The number of rotatable bonds is 11. The molecule has 1 N–H and O–H groups in total. The number of amides is 2. The van der Waals surface area contributed by atoms with Crippen LogP contribution in [0.3, 0.4) is 0 Å². The highest BCUT2D eigenvalue weighted by Gasteiger charge is 2.32. The fourth-order valence-electron chi connectivity index (χ4n) is 3.81. The number of benzene rings is 2. The Morgan fingerprint density at radius 3 is 2.31 bits per heavy atom. The lowest BCUT2D eigenvalue weighted by Crippen LogP contribution is -2.53. The summed E-state index contributed by atoms with van der Waals surface area (Å²) in [5, 5.41) is 3.33. The van der Waals surface area contributed by atoms with Crippen molar-refractivity contribution in [2.75, 3.05) is 17.1 Å². The summed E-state index contributed by atoms with van der Waals surface area (Å²) >= 11 is 6.14. The predicted molar refractivity (Wildman–Crippen MR) is 142 cm³/mol. The second-order valence-electron chi connectivity index (χ2n) is 8.95. The molecule has 0 fully saturated rings. The minimum absolute atomic E-state index is 0.0471. The Kier molecular flexibility index (Phi) is 10.2. The maximum atomic E-state index is 13.7. The number of nitrogens with zero attached hydrogens (tertiary/aromatic N) is 2. The van der Waals surface area contributed by atoms with Gasteiger partial charge in [0.1, 0.15) is 12.6 Å². The minimum Gasteiger partial charge on any atom is -0.352 e. The number of aryl methyl sites for hydroxylation is 2. The van der Waals surface area contributed by atoms with Crippen molar-refractivity contribution in [1.29, 1.82) is 0 Å². The minimum atomic E-state index is -3.81. The van der Waals surface area contributed by atoms with E-state index in [-0.39, 0.29) is 18.5 Å². The summed E-state index contributed by atoms with van der Waals surface area (Å²) in [7, 11) is -3.81. The summed E-state index contributed by atoms with van der Waals surface area (Å²) in [6.07, 6.45) is 2.19. The first-order valence-electron chi connectivity index (χ1n) is 11.8. The maximum Gasteiger partial charge on any atom is 0.244 e. The molecule has 0 spiro atoms. The van der Waals surface area contributed by atoms with Crippen LogP contribution in [0, 0.1) is 13.8 Å². The van der Waals surface area contributed by atoms with Crippen LogP contribution >= 0.6 is 11.6 Å². The van der Waals surface area contributed by atoms with Crippen LogP contribution in [0.5, 0.6) is 0 Å². The van der Waals surface area contributed by atoms with Crippen LogP contribution in [-0.2, 0) is 26.2 Å². The molecule has 0 radical (unpaired) electrons. The zero-order valence-electron chi connectivity index (χ0n) is 21.3. The summed E-state index contributed by atoms with van der Waals surface area (Å²) in [4.78, 5) is 28.3. The van der Waals surface area contributed by atoms with Crippen LogP contribution in [0.2, 0.25) is 5.02 Å². The molecule has 0 aliphatic rings. The van der Waals surface area contributed by atoms with Gasteiger partial charge in [-0.3, -0.25) is 13.9 Å². The Morgan fingerprint density at radius 2 is 1.74 bits per heavy atom. The van der Waals surface area contributed by atoms with E-state index in [1.165, 1.54) is 11.0 Å². The highest BCUT2D eigenvalue weighted by molar-refractivity contribution is 7.92. The molecule has 2 rings (SSSR count). The maximum absolute atomic E-state index is 13.7. The molecule has 0 heterocycles. The van der Waals surface area contributed by atoms with Crippen LogP contribution in [0.15, 0.2) is 42.5 Å². The summed E-state index contributed by atoms with van der Waals surface area (Å²) in [5.41, 5.74) is 2.89. The van der Waals surface area contributed by atoms with E-state index in [2.05, 4.69) is 5.32 Å². The second-order valence-corrected chi connectivity index (χ2v) is 11.3. The topological polar surface area (TPSA) is 86.8 Å². The molecule has 35 heavy (non-hydrogen) atoms. The average molecular weight is 522 g/mol. The van der Waals surface area contributed by atoms with Gasteiger partial charge in [0.25, 0.3) is 0 Å². The monoisotopic (exact) mass is 521 g/mol. The molecule has 0 aliphatic heterocycles. The van der Waals surface area contributed by atoms with E-state index in [1.54, 1.807) is 19.1 Å². The quantitative estimate of drug-likeness (QED) is 0.473. The first kappa shape index (κ1) is 28.7. The SMILES string of the molecule is CC[C@@H](C)NC(=O)[C@H](CC)N(Cc1cccc(C)c1)C(=O)CN(c1cc(Cl)ccc1C)S(C)(=O)=O. The number of carbonyl (C=O) groups excluding carboxylic acids is 2. The molecule has 0 bridgehead atoms. The molecule has 2 aromatic rings. The number of hydrogen-bond acceptors (Lipinski definition) is 4. The van der Waals surface area contributed by atoms with Gasteiger partial charge >= 0.3 is 0 Å². The van der Waals surface area contributed by atoms with Gasteiger partial charge in [0.2, 0.25) is 21.8 Å². The zero-order valence-corrected chi connectivity index (χ0v) is 22.9. The van der Waals surface area contributed by atoms with E-state index >= 15 is 0 Å². The van der Waals surface area contributed by atoms with E-state index in [4.69, 9.17) is 11.6 Å².